The Morgan fingerprint density at radius 2 is 1.81 bits per heavy atom. The van der Waals surface area contributed by atoms with Gasteiger partial charge in [-0.2, -0.15) is 9.90 Å². The van der Waals surface area contributed by atoms with Crippen molar-refractivity contribution in [1.82, 2.24) is 30.0 Å². The maximum Gasteiger partial charge on any atom is 0.209 e. The second-order valence-corrected chi connectivity index (χ2v) is 6.43. The van der Waals surface area contributed by atoms with E-state index in [1.807, 2.05) is 38.1 Å². The molecule has 21 heavy (non-hydrogen) atoms. The molecule has 0 amide bonds. The minimum absolute atomic E-state index is 0.173. The zero-order valence-electron chi connectivity index (χ0n) is 11.4. The van der Waals surface area contributed by atoms with Crippen LogP contribution in [0, 0.1) is 0 Å². The Morgan fingerprint density at radius 1 is 1.10 bits per heavy atom. The van der Waals surface area contributed by atoms with Gasteiger partial charge in [0.15, 0.2) is 0 Å². The molecule has 0 fully saturated rings. The van der Waals surface area contributed by atoms with Crippen LogP contribution in [0.1, 0.15) is 19.9 Å². The van der Waals surface area contributed by atoms with Crippen LogP contribution in [-0.4, -0.2) is 30.0 Å². The molecule has 0 saturated heterocycles. The van der Waals surface area contributed by atoms with Crippen LogP contribution >= 0.6 is 31.9 Å². The number of halogens is 2. The highest BCUT2D eigenvalue weighted by Crippen LogP contribution is 2.28. The van der Waals surface area contributed by atoms with Crippen LogP contribution in [0.5, 0.6) is 0 Å². The van der Waals surface area contributed by atoms with Crippen LogP contribution in [-0.2, 0) is 0 Å². The molecule has 3 aromatic rings. The molecule has 0 saturated carbocycles. The zero-order valence-corrected chi connectivity index (χ0v) is 14.6. The van der Waals surface area contributed by atoms with Gasteiger partial charge in [0.25, 0.3) is 0 Å². The maximum atomic E-state index is 4.38. The van der Waals surface area contributed by atoms with Gasteiger partial charge >= 0.3 is 0 Å². The summed E-state index contributed by atoms with van der Waals surface area (Å²) in [6.07, 6.45) is 1.73. The van der Waals surface area contributed by atoms with Crippen molar-refractivity contribution in [1.29, 1.82) is 0 Å². The monoisotopic (exact) mass is 410 g/mol. The van der Waals surface area contributed by atoms with Gasteiger partial charge in [0.1, 0.15) is 4.60 Å². The highest BCUT2D eigenvalue weighted by molar-refractivity contribution is 9.10. The predicted molar refractivity (Wildman–Crippen MR) is 86.2 cm³/mol. The Morgan fingerprint density at radius 3 is 2.43 bits per heavy atom. The van der Waals surface area contributed by atoms with Crippen LogP contribution in [0.15, 0.2) is 39.5 Å². The van der Waals surface area contributed by atoms with Crippen molar-refractivity contribution < 1.29 is 0 Å². The second kappa shape index (κ2) is 5.69. The smallest absolute Gasteiger partial charge is 0.209 e. The Bertz CT molecular complexity index is 759. The highest BCUT2D eigenvalue weighted by atomic mass is 79.9. The SMILES string of the molecule is CC(C)n1nnc(-c2cnn(-c3ccc(Br)cc3)c2Br)n1. The van der Waals surface area contributed by atoms with Crippen LogP contribution in [0.2, 0.25) is 0 Å². The molecule has 108 valence electrons. The molecule has 0 aliphatic rings. The summed E-state index contributed by atoms with van der Waals surface area (Å²) in [6, 6.07) is 8.06. The van der Waals surface area contributed by atoms with Gasteiger partial charge in [-0.05, 0) is 59.3 Å². The summed E-state index contributed by atoms with van der Waals surface area (Å²) in [5.74, 6) is 0.555. The summed E-state index contributed by atoms with van der Waals surface area (Å²) < 4.78 is 3.61. The third kappa shape index (κ3) is 2.77. The largest absolute Gasteiger partial charge is 0.226 e. The van der Waals surface area contributed by atoms with E-state index in [2.05, 4.69) is 52.4 Å². The summed E-state index contributed by atoms with van der Waals surface area (Å²) in [4.78, 5) is 1.58. The molecule has 3 rings (SSSR count). The van der Waals surface area contributed by atoms with E-state index in [4.69, 9.17) is 0 Å². The third-order valence-electron chi connectivity index (χ3n) is 2.91. The molecule has 0 aliphatic heterocycles. The van der Waals surface area contributed by atoms with Crippen molar-refractivity contribution in [2.75, 3.05) is 0 Å². The van der Waals surface area contributed by atoms with Crippen molar-refractivity contribution in [2.24, 2.45) is 0 Å². The molecule has 0 N–H and O–H groups in total. The molecule has 0 radical (unpaired) electrons. The normalized spacial score (nSPS) is 11.3. The van der Waals surface area contributed by atoms with Crippen molar-refractivity contribution in [3.63, 3.8) is 0 Å². The van der Waals surface area contributed by atoms with E-state index < -0.39 is 0 Å². The van der Waals surface area contributed by atoms with Crippen LogP contribution < -0.4 is 0 Å². The Balaban J connectivity index is 2.00. The van der Waals surface area contributed by atoms with Gasteiger partial charge in [-0.15, -0.1) is 10.2 Å². The average molecular weight is 412 g/mol. The van der Waals surface area contributed by atoms with Crippen molar-refractivity contribution in [3.8, 4) is 17.1 Å². The third-order valence-corrected chi connectivity index (χ3v) is 4.20. The Kier molecular flexibility index (Phi) is 3.90. The molecule has 0 bridgehead atoms. The van der Waals surface area contributed by atoms with Gasteiger partial charge in [0.2, 0.25) is 5.82 Å². The van der Waals surface area contributed by atoms with E-state index in [0.29, 0.717) is 5.82 Å². The van der Waals surface area contributed by atoms with Gasteiger partial charge in [-0.1, -0.05) is 15.9 Å². The first-order chi connectivity index (χ1) is 10.1. The molecule has 0 atom stereocenters. The van der Waals surface area contributed by atoms with E-state index in [1.165, 1.54) is 0 Å². The number of rotatable bonds is 3. The summed E-state index contributed by atoms with van der Waals surface area (Å²) in [5, 5.41) is 16.9. The molecule has 8 heteroatoms. The topological polar surface area (TPSA) is 61.4 Å². The van der Waals surface area contributed by atoms with E-state index >= 15 is 0 Å². The lowest BCUT2D eigenvalue weighted by Crippen LogP contribution is -2.04. The van der Waals surface area contributed by atoms with E-state index in [-0.39, 0.29) is 6.04 Å². The molecule has 0 aliphatic carbocycles. The Hall–Kier alpha value is -1.54. The fourth-order valence-corrected chi connectivity index (χ4v) is 2.64. The van der Waals surface area contributed by atoms with Crippen molar-refractivity contribution in [2.45, 2.75) is 19.9 Å². The lowest BCUT2D eigenvalue weighted by atomic mass is 10.3. The summed E-state index contributed by atoms with van der Waals surface area (Å²) in [5.41, 5.74) is 1.76. The van der Waals surface area contributed by atoms with Gasteiger partial charge in [-0.3, -0.25) is 0 Å². The fraction of sp³-hybridized carbons (Fsp3) is 0.231. The standard InChI is InChI=1S/C13H12Br2N6/c1-8(2)21-18-13(17-19-21)11-7-16-20(12(11)15)10-5-3-9(14)4-6-10/h3-8H,1-2H3. The second-order valence-electron chi connectivity index (χ2n) is 4.76. The Labute approximate surface area is 138 Å². The van der Waals surface area contributed by atoms with Gasteiger partial charge in [-0.25, -0.2) is 4.68 Å². The van der Waals surface area contributed by atoms with Crippen LogP contribution in [0.3, 0.4) is 0 Å². The average Bonchev–Trinajstić information content (AvgIpc) is 3.06. The number of hydrogen-bond acceptors (Lipinski definition) is 4. The molecule has 2 heterocycles. The van der Waals surface area contributed by atoms with E-state index in [9.17, 15) is 0 Å². The molecular formula is C13H12Br2N6. The quantitative estimate of drug-likeness (QED) is 0.660. The van der Waals surface area contributed by atoms with E-state index in [1.54, 1.807) is 15.7 Å². The minimum Gasteiger partial charge on any atom is -0.226 e. The van der Waals surface area contributed by atoms with Gasteiger partial charge in [0.05, 0.1) is 23.5 Å². The van der Waals surface area contributed by atoms with Gasteiger partial charge in [0, 0.05) is 4.47 Å². The minimum atomic E-state index is 0.173. The number of hydrogen-bond donors (Lipinski definition) is 0. The number of nitrogens with zero attached hydrogens (tertiary/aromatic N) is 6. The van der Waals surface area contributed by atoms with Crippen LogP contribution in [0.4, 0.5) is 0 Å². The molecule has 2 aromatic heterocycles. The molecule has 0 spiro atoms. The molecular weight excluding hydrogens is 400 g/mol. The number of benzene rings is 1. The van der Waals surface area contributed by atoms with Crippen molar-refractivity contribution in [3.05, 3.63) is 39.5 Å². The summed E-state index contributed by atoms with van der Waals surface area (Å²) >= 11 is 6.98. The molecule has 6 nitrogen and oxygen atoms in total. The molecule has 1 aromatic carbocycles. The summed E-state index contributed by atoms with van der Waals surface area (Å²) in [7, 11) is 0. The summed E-state index contributed by atoms with van der Waals surface area (Å²) in [6.45, 7) is 4.01. The van der Waals surface area contributed by atoms with Gasteiger partial charge < -0.3 is 0 Å². The zero-order chi connectivity index (χ0) is 15.0. The van der Waals surface area contributed by atoms with Crippen molar-refractivity contribution >= 4 is 31.9 Å². The number of aromatic nitrogens is 6. The fourth-order valence-electron chi connectivity index (χ4n) is 1.80. The highest BCUT2D eigenvalue weighted by Gasteiger charge is 2.16. The van der Waals surface area contributed by atoms with Crippen LogP contribution in [0.25, 0.3) is 17.1 Å². The first-order valence-corrected chi connectivity index (χ1v) is 7.94. The first kappa shape index (κ1) is 14.4. The predicted octanol–water partition coefficient (Wildman–Crippen LogP) is 3.63. The van der Waals surface area contributed by atoms with E-state index in [0.717, 1.165) is 20.3 Å². The first-order valence-electron chi connectivity index (χ1n) is 6.35. The lowest BCUT2D eigenvalue weighted by Gasteiger charge is -2.03. The number of tetrazole rings is 1. The maximum absolute atomic E-state index is 4.38. The molecule has 0 unspecified atom stereocenters. The lowest BCUT2D eigenvalue weighted by molar-refractivity contribution is 0.455.